The molecule has 4 nitrogen and oxygen atoms in total. The molecule has 1 aliphatic heterocycles. The van der Waals surface area contributed by atoms with Gasteiger partial charge in [-0.3, -0.25) is 0 Å². The zero-order valence-corrected chi connectivity index (χ0v) is 13.8. The third-order valence-corrected chi connectivity index (χ3v) is 5.65. The average Bonchev–Trinajstić information content (AvgIpc) is 2.38. The van der Waals surface area contributed by atoms with Crippen molar-refractivity contribution in [1.29, 1.82) is 0 Å². The van der Waals surface area contributed by atoms with Crippen LogP contribution in [0.2, 0.25) is 0 Å². The molecule has 4 heteroatoms. The van der Waals surface area contributed by atoms with Crippen molar-refractivity contribution in [2.24, 2.45) is 23.2 Å². The van der Waals surface area contributed by atoms with Gasteiger partial charge in [0.15, 0.2) is 5.79 Å². The summed E-state index contributed by atoms with van der Waals surface area (Å²) in [5.74, 6) is 1.19. The van der Waals surface area contributed by atoms with Gasteiger partial charge in [0.1, 0.15) is 6.79 Å². The molecule has 1 aliphatic carbocycles. The van der Waals surface area contributed by atoms with Crippen molar-refractivity contribution in [2.75, 3.05) is 27.6 Å². The van der Waals surface area contributed by atoms with Crippen molar-refractivity contribution in [3.63, 3.8) is 0 Å². The highest BCUT2D eigenvalue weighted by molar-refractivity contribution is 5.04. The van der Waals surface area contributed by atoms with Crippen LogP contribution in [0.15, 0.2) is 0 Å². The molecule has 0 amide bonds. The fourth-order valence-corrected chi connectivity index (χ4v) is 4.73. The zero-order chi connectivity index (χ0) is 15.0. The van der Waals surface area contributed by atoms with Gasteiger partial charge in [0.25, 0.3) is 0 Å². The fourth-order valence-electron chi connectivity index (χ4n) is 4.73. The number of hydrogen-bond acceptors (Lipinski definition) is 4. The summed E-state index contributed by atoms with van der Waals surface area (Å²) in [4.78, 5) is 0. The quantitative estimate of drug-likeness (QED) is 0.744. The minimum atomic E-state index is -0.534. The number of fused-ring (bicyclic) bond motifs is 1. The molecule has 20 heavy (non-hydrogen) atoms. The number of methoxy groups -OCH3 is 2. The van der Waals surface area contributed by atoms with Gasteiger partial charge in [-0.25, -0.2) is 0 Å². The monoisotopic (exact) mass is 286 g/mol. The lowest BCUT2D eigenvalue weighted by molar-refractivity contribution is -0.355. The van der Waals surface area contributed by atoms with Crippen molar-refractivity contribution in [2.45, 2.75) is 52.4 Å². The molecular weight excluding hydrogens is 256 g/mol. The first-order chi connectivity index (χ1) is 9.38. The van der Waals surface area contributed by atoms with Crippen LogP contribution < -0.4 is 0 Å². The highest BCUT2D eigenvalue weighted by Gasteiger charge is 2.60. The molecule has 0 spiro atoms. The summed E-state index contributed by atoms with van der Waals surface area (Å²) < 4.78 is 22.9. The van der Waals surface area contributed by atoms with E-state index in [0.29, 0.717) is 31.2 Å². The Morgan fingerprint density at radius 2 is 1.90 bits per heavy atom. The van der Waals surface area contributed by atoms with Crippen LogP contribution in [-0.2, 0) is 18.9 Å². The smallest absolute Gasteiger partial charge is 0.170 e. The Balaban J connectivity index is 2.30. The van der Waals surface area contributed by atoms with E-state index in [1.807, 2.05) is 0 Å². The summed E-state index contributed by atoms with van der Waals surface area (Å²) in [6.07, 6.45) is 2.44. The van der Waals surface area contributed by atoms with Crippen LogP contribution in [0.3, 0.4) is 0 Å². The zero-order valence-electron chi connectivity index (χ0n) is 13.8. The van der Waals surface area contributed by atoms with Crippen LogP contribution in [0.5, 0.6) is 0 Å². The molecule has 0 aromatic heterocycles. The number of hydrogen-bond donors (Lipinski definition) is 0. The summed E-state index contributed by atoms with van der Waals surface area (Å²) in [6.45, 7) is 9.95. The van der Waals surface area contributed by atoms with Gasteiger partial charge in [0.2, 0.25) is 0 Å². The molecule has 0 bridgehead atoms. The highest BCUT2D eigenvalue weighted by Crippen LogP contribution is 2.58. The van der Waals surface area contributed by atoms with Gasteiger partial charge in [0, 0.05) is 25.6 Å². The van der Waals surface area contributed by atoms with Gasteiger partial charge in [-0.1, -0.05) is 20.8 Å². The third kappa shape index (κ3) is 2.52. The molecule has 0 aromatic carbocycles. The van der Waals surface area contributed by atoms with Crippen molar-refractivity contribution in [3.05, 3.63) is 0 Å². The van der Waals surface area contributed by atoms with Gasteiger partial charge in [0.05, 0.1) is 12.7 Å². The first-order valence-electron chi connectivity index (χ1n) is 7.67. The topological polar surface area (TPSA) is 36.9 Å². The van der Waals surface area contributed by atoms with Crippen LogP contribution in [0.4, 0.5) is 0 Å². The van der Waals surface area contributed by atoms with E-state index in [1.165, 1.54) is 6.42 Å². The van der Waals surface area contributed by atoms with E-state index < -0.39 is 5.79 Å². The molecule has 6 atom stereocenters. The van der Waals surface area contributed by atoms with Gasteiger partial charge >= 0.3 is 0 Å². The molecule has 1 heterocycles. The second-order valence-electron chi connectivity index (χ2n) is 7.04. The van der Waals surface area contributed by atoms with E-state index in [9.17, 15) is 0 Å². The molecule has 0 N–H and O–H groups in total. The highest BCUT2D eigenvalue weighted by atomic mass is 16.7. The predicted octanol–water partition coefficient (Wildman–Crippen LogP) is 3.06. The SMILES string of the molecule is COCO[C@@H]1CO[C@](C)(OC)[C@]2(C)C[C@H](C)C[C@H](C)[C@@H]12. The van der Waals surface area contributed by atoms with E-state index in [1.54, 1.807) is 14.2 Å². The Bertz CT molecular complexity index is 334. The van der Waals surface area contributed by atoms with Crippen molar-refractivity contribution in [3.8, 4) is 0 Å². The summed E-state index contributed by atoms with van der Waals surface area (Å²) >= 11 is 0. The molecule has 1 saturated carbocycles. The molecular formula is C16H30O4. The second-order valence-corrected chi connectivity index (χ2v) is 7.04. The first-order valence-corrected chi connectivity index (χ1v) is 7.67. The average molecular weight is 286 g/mol. The summed E-state index contributed by atoms with van der Waals surface area (Å²) in [5, 5.41) is 0. The maximum atomic E-state index is 6.09. The summed E-state index contributed by atoms with van der Waals surface area (Å²) in [6, 6.07) is 0. The minimum Gasteiger partial charge on any atom is -0.359 e. The van der Waals surface area contributed by atoms with Gasteiger partial charge in [-0.2, -0.15) is 0 Å². The summed E-state index contributed by atoms with van der Waals surface area (Å²) in [5.41, 5.74) is -0.0323. The first kappa shape index (κ1) is 16.2. The van der Waals surface area contributed by atoms with Crippen LogP contribution in [0, 0.1) is 23.2 Å². The van der Waals surface area contributed by atoms with Crippen molar-refractivity contribution in [1.82, 2.24) is 0 Å². The summed E-state index contributed by atoms with van der Waals surface area (Å²) in [7, 11) is 3.41. The molecule has 2 aliphatic rings. The molecule has 118 valence electrons. The van der Waals surface area contributed by atoms with E-state index in [0.717, 1.165) is 6.42 Å². The van der Waals surface area contributed by atoms with E-state index in [2.05, 4.69) is 27.7 Å². The number of ether oxygens (including phenoxy) is 4. The van der Waals surface area contributed by atoms with Crippen LogP contribution in [-0.4, -0.2) is 39.5 Å². The fraction of sp³-hybridized carbons (Fsp3) is 1.00. The van der Waals surface area contributed by atoms with Gasteiger partial charge in [-0.15, -0.1) is 0 Å². The Hall–Kier alpha value is -0.160. The molecule has 0 radical (unpaired) electrons. The Morgan fingerprint density at radius 1 is 1.20 bits per heavy atom. The van der Waals surface area contributed by atoms with Gasteiger partial charge in [-0.05, 0) is 31.6 Å². The lowest BCUT2D eigenvalue weighted by atomic mass is 9.54. The van der Waals surface area contributed by atoms with Gasteiger partial charge < -0.3 is 18.9 Å². The largest absolute Gasteiger partial charge is 0.359 e. The maximum absolute atomic E-state index is 6.09. The standard InChI is InChI=1S/C16H30O4/c1-11-7-12(2)14-13(19-10-17-5)9-20-16(4,18-6)15(14,3)8-11/h11-14H,7-10H2,1-6H3/t11-,12+,13-,14+,15-,16+/m1/s1. The Labute approximate surface area is 123 Å². The molecule has 0 unspecified atom stereocenters. The second kappa shape index (κ2) is 5.91. The van der Waals surface area contributed by atoms with Crippen molar-refractivity contribution < 1.29 is 18.9 Å². The minimum absolute atomic E-state index is 0.0323. The Kier molecular flexibility index (Phi) is 4.80. The van der Waals surface area contributed by atoms with E-state index >= 15 is 0 Å². The van der Waals surface area contributed by atoms with Crippen LogP contribution in [0.25, 0.3) is 0 Å². The van der Waals surface area contributed by atoms with Crippen LogP contribution in [0.1, 0.15) is 40.5 Å². The van der Waals surface area contributed by atoms with Crippen molar-refractivity contribution >= 4 is 0 Å². The van der Waals surface area contributed by atoms with Crippen LogP contribution >= 0.6 is 0 Å². The van der Waals surface area contributed by atoms with E-state index in [4.69, 9.17) is 18.9 Å². The lowest BCUT2D eigenvalue weighted by Gasteiger charge is -2.60. The molecule has 2 rings (SSSR count). The van der Waals surface area contributed by atoms with E-state index in [-0.39, 0.29) is 11.5 Å². The normalized spacial score (nSPS) is 48.9. The predicted molar refractivity (Wildman–Crippen MR) is 77.3 cm³/mol. The number of rotatable bonds is 4. The third-order valence-electron chi connectivity index (χ3n) is 5.65. The lowest BCUT2D eigenvalue weighted by Crippen LogP contribution is -2.64. The molecule has 2 fully saturated rings. The molecule has 1 saturated heterocycles. The molecule has 0 aromatic rings. The maximum Gasteiger partial charge on any atom is 0.170 e. The Morgan fingerprint density at radius 3 is 2.50 bits per heavy atom.